The number of benzene rings is 23. The van der Waals surface area contributed by atoms with E-state index in [1.54, 1.807) is 0 Å². The zero-order valence-corrected chi connectivity index (χ0v) is 78.2. The van der Waals surface area contributed by atoms with Crippen LogP contribution in [-0.4, -0.2) is 56.8 Å². The van der Waals surface area contributed by atoms with Gasteiger partial charge in [0.1, 0.15) is 0 Å². The molecule has 0 aliphatic rings. The lowest BCUT2D eigenvalue weighted by molar-refractivity contribution is 1.01. The fourth-order valence-corrected chi connectivity index (χ4v) is 25.6. The second-order valence-corrected chi connectivity index (χ2v) is 38.9. The van der Waals surface area contributed by atoms with Crippen LogP contribution in [0.25, 0.3) is 318 Å². The van der Waals surface area contributed by atoms with E-state index in [4.69, 9.17) is 29.9 Å². The third-order valence-electron chi connectivity index (χ3n) is 31.5. The zero-order chi connectivity index (χ0) is 94.9. The van der Waals surface area contributed by atoms with Gasteiger partial charge in [-0.05, 0) is 138 Å². The predicted octanol–water partition coefficient (Wildman–Crippen LogP) is 34.4. The van der Waals surface area contributed by atoms with Crippen LogP contribution in [0.2, 0.25) is 0 Å². The van der Waals surface area contributed by atoms with E-state index in [0.29, 0.717) is 17.8 Å². The van der Waals surface area contributed by atoms with Crippen LogP contribution in [0.4, 0.5) is 0 Å². The molecule has 146 heavy (non-hydrogen) atoms. The van der Waals surface area contributed by atoms with Crippen LogP contribution in [-0.2, 0) is 0 Å². The Morgan fingerprint density at radius 2 is 0.397 bits per heavy atom. The smallest absolute Gasteiger partial charge is 0.235 e. The van der Waals surface area contributed by atoms with Crippen molar-refractivity contribution in [1.82, 2.24) is 56.8 Å². The van der Waals surface area contributed by atoms with Gasteiger partial charge in [0, 0.05) is 124 Å². The summed E-state index contributed by atoms with van der Waals surface area (Å²) in [7, 11) is 0. The Labute approximate surface area is 829 Å². The molecule has 0 unspecified atom stereocenters. The van der Waals surface area contributed by atoms with Crippen LogP contribution in [0.3, 0.4) is 0 Å². The molecule has 0 aliphatic heterocycles. The summed E-state index contributed by atoms with van der Waals surface area (Å²) in [4.78, 5) is 32.7. The Bertz CT molecular complexity index is 11800. The zero-order valence-electron chi connectivity index (χ0n) is 78.2. The second kappa shape index (κ2) is 29.9. The van der Waals surface area contributed by atoms with E-state index in [1.165, 1.54) is 184 Å². The number of hydrogen-bond acceptors (Lipinski definition) is 6. The molecule has 0 radical (unpaired) electrons. The first kappa shape index (κ1) is 79.0. The molecule has 0 amide bonds. The van der Waals surface area contributed by atoms with Crippen molar-refractivity contribution in [3.8, 4) is 51.6 Å². The lowest BCUT2D eigenvalue weighted by Gasteiger charge is -2.14. The number of para-hydroxylation sites is 6. The molecule has 0 saturated heterocycles. The Hall–Kier alpha value is -19.8. The molecule has 672 valence electrons. The van der Waals surface area contributed by atoms with Gasteiger partial charge in [-0.25, -0.2) is 29.9 Å². The Balaban J connectivity index is 0.0000000958. The van der Waals surface area contributed by atoms with Crippen molar-refractivity contribution in [2.24, 2.45) is 0 Å². The van der Waals surface area contributed by atoms with Gasteiger partial charge < -0.3 is 13.2 Å². The summed E-state index contributed by atoms with van der Waals surface area (Å²) in [6, 6.07) is 166. The van der Waals surface area contributed by atoms with Gasteiger partial charge in [-0.15, -0.1) is 0 Å². The van der Waals surface area contributed by atoms with Crippen molar-refractivity contribution in [1.29, 1.82) is 0 Å². The highest BCUT2D eigenvalue weighted by atomic mass is 15.2. The highest BCUT2D eigenvalue weighted by molar-refractivity contribution is 6.38. The maximum atomic E-state index is 5.54. The average Bonchev–Trinajstić information content (AvgIpc) is 1.52. The molecule has 0 fully saturated rings. The van der Waals surface area contributed by atoms with Crippen LogP contribution >= 0.6 is 0 Å². The molecular formula is C134H76N12. The highest BCUT2D eigenvalue weighted by Gasteiger charge is 2.32. The van der Waals surface area contributed by atoms with Gasteiger partial charge in [0.25, 0.3) is 0 Å². The number of nitrogens with zero attached hydrogens (tertiary/aromatic N) is 12. The minimum absolute atomic E-state index is 0.668. The quantitative estimate of drug-likeness (QED) is 0.154. The second-order valence-electron chi connectivity index (χ2n) is 38.9. The summed E-state index contributed by atoms with van der Waals surface area (Å²) in [5.41, 5.74) is 26.4. The van der Waals surface area contributed by atoms with Crippen molar-refractivity contribution in [2.45, 2.75) is 0 Å². The summed E-state index contributed by atoms with van der Waals surface area (Å²) >= 11 is 0. The molecule has 12 heteroatoms. The molecule has 0 aliphatic carbocycles. The highest BCUT2D eigenvalue weighted by Crippen LogP contribution is 2.53. The van der Waals surface area contributed by atoms with Gasteiger partial charge in [-0.1, -0.05) is 382 Å². The van der Waals surface area contributed by atoms with E-state index in [-0.39, 0.29) is 0 Å². The molecule has 0 spiro atoms. The third kappa shape index (κ3) is 10.8. The van der Waals surface area contributed by atoms with Gasteiger partial charge in [-0.3, -0.25) is 13.7 Å². The fourth-order valence-electron chi connectivity index (χ4n) is 25.6. The van der Waals surface area contributed by atoms with Crippen molar-refractivity contribution in [2.75, 3.05) is 0 Å². The van der Waals surface area contributed by atoms with Crippen molar-refractivity contribution >= 4 is 266 Å². The molecule has 0 atom stereocenters. The van der Waals surface area contributed by atoms with E-state index >= 15 is 0 Å². The van der Waals surface area contributed by atoms with E-state index in [0.717, 1.165) is 116 Å². The lowest BCUT2D eigenvalue weighted by Crippen LogP contribution is -2.04. The minimum atomic E-state index is 0.668. The molecule has 23 aromatic carbocycles. The molecule has 12 heterocycles. The molecule has 0 saturated carbocycles. The van der Waals surface area contributed by atoms with E-state index in [1.807, 2.05) is 0 Å². The van der Waals surface area contributed by atoms with Crippen LogP contribution in [0, 0.1) is 0 Å². The number of hydrogen-bond donors (Lipinski definition) is 0. The van der Waals surface area contributed by atoms with Gasteiger partial charge in [0.05, 0.1) is 116 Å². The molecule has 12 nitrogen and oxygen atoms in total. The average molecular weight is 1850 g/mol. The summed E-state index contributed by atoms with van der Waals surface area (Å²) < 4.78 is 14.4. The molecule has 0 N–H and O–H groups in total. The topological polar surface area (TPSA) is 105 Å². The SMILES string of the molecule is c1ccc(-c2nc(-n3c4cccc5c6cccc7c8ccccc8n(c67)c6c7ccccc7cc3c6c54)nc3ccc4ccccc4c23)cc1.c1ccc(-c2nc(-n3c4cccc5c6cccc7c8ccccc8n(c8cc9ccccc9c3c8c54)c67)nc3ccc4ccccc4c23)cc1.c1ccc(-c2nc(-n3c4cccc5c6cccc7c8ccccc8n(c8cccc3c8c54)c67)nc3ccc4ccccc4c23)cc1. The fraction of sp³-hybridized carbons (Fsp3) is 0. The van der Waals surface area contributed by atoms with Crippen molar-refractivity contribution in [3.63, 3.8) is 0 Å². The van der Waals surface area contributed by atoms with Gasteiger partial charge in [0.15, 0.2) is 0 Å². The molecule has 35 rings (SSSR count). The van der Waals surface area contributed by atoms with Crippen LogP contribution in [0.15, 0.2) is 461 Å². The predicted molar refractivity (Wildman–Crippen MR) is 609 cm³/mol. The first-order valence-electron chi connectivity index (χ1n) is 49.9. The van der Waals surface area contributed by atoms with Crippen molar-refractivity contribution in [3.05, 3.63) is 461 Å². The van der Waals surface area contributed by atoms with E-state index in [2.05, 4.69) is 488 Å². The number of fused-ring (bicyclic) bond motifs is 28. The summed E-state index contributed by atoms with van der Waals surface area (Å²) in [5.74, 6) is 2.01. The molecule has 35 aromatic rings. The first-order chi connectivity index (χ1) is 72.5. The summed E-state index contributed by atoms with van der Waals surface area (Å²) in [6.45, 7) is 0. The largest absolute Gasteiger partial charge is 0.308 e. The maximum absolute atomic E-state index is 5.54. The summed E-state index contributed by atoms with van der Waals surface area (Å²) in [5, 5.41) is 37.3. The van der Waals surface area contributed by atoms with Crippen molar-refractivity contribution < 1.29 is 0 Å². The maximum Gasteiger partial charge on any atom is 0.235 e. The molecule has 12 aromatic heterocycles. The Morgan fingerprint density at radius 3 is 0.829 bits per heavy atom. The summed E-state index contributed by atoms with van der Waals surface area (Å²) in [6.07, 6.45) is 0. The third-order valence-corrected chi connectivity index (χ3v) is 31.5. The van der Waals surface area contributed by atoms with Gasteiger partial charge in [0.2, 0.25) is 17.8 Å². The monoisotopic (exact) mass is 1850 g/mol. The molecular weight excluding hydrogens is 1780 g/mol. The standard InChI is InChI=1S/2C46H26N4.C42H24N4/c1-2-13-28(14-3-1)43-40-30-16-6-4-12-27(30)24-25-36(40)47-46(48-43)49-38-23-11-19-33-35-21-10-20-34-32-18-8-9-22-37(32)50(44(34)35)45-31-17-7-5-15-29(31)26-39(49)42(45)41(33)38;1-2-13-28(14-3-1)43-40-30-16-6-4-12-27(30)24-25-36(40)47-46(48-43)50-38-23-11-19-33-35-21-10-20-34-32-18-8-9-22-37(32)49(44(34)35)39-26-29-15-5-7-17-31(29)45(50)42(39)41(33)38;1-2-12-26(13-3-1)40-37-27-14-5-4-11-25(27)23-24-32(37)43-42(44-40)46-34-20-9-16-29-31-18-8-17-30-28-15-6-7-19-33(28)45(41(30)31)35-21-10-22-36(46)39(35)38(29)34/h2*1-26H;1-24H. The normalized spacial score (nSPS) is 12.4. The Morgan fingerprint density at radius 1 is 0.130 bits per heavy atom. The Kier molecular flexibility index (Phi) is 16.2. The minimum Gasteiger partial charge on any atom is -0.308 e. The van der Waals surface area contributed by atoms with Gasteiger partial charge >= 0.3 is 0 Å². The molecule has 0 bridgehead atoms. The number of aromatic nitrogens is 12. The van der Waals surface area contributed by atoms with Crippen LogP contribution in [0.5, 0.6) is 0 Å². The van der Waals surface area contributed by atoms with Gasteiger partial charge in [-0.2, -0.15) is 0 Å². The van der Waals surface area contributed by atoms with Crippen LogP contribution < -0.4 is 0 Å². The van der Waals surface area contributed by atoms with E-state index in [9.17, 15) is 0 Å². The first-order valence-corrected chi connectivity index (χ1v) is 49.9. The lowest BCUT2D eigenvalue weighted by atomic mass is 10.0. The number of rotatable bonds is 6. The van der Waals surface area contributed by atoms with Crippen LogP contribution in [0.1, 0.15) is 0 Å². The van der Waals surface area contributed by atoms with E-state index < -0.39 is 0 Å².